The van der Waals surface area contributed by atoms with Crippen molar-refractivity contribution in [3.8, 4) is 16.2 Å². The second kappa shape index (κ2) is 9.86. The molecule has 0 atom stereocenters. The highest BCUT2D eigenvalue weighted by molar-refractivity contribution is 7.16. The molecular formula is C20H18ClN3O4S2. The highest BCUT2D eigenvalue weighted by Gasteiger charge is 2.16. The molecule has 2 heterocycles. The van der Waals surface area contributed by atoms with Crippen molar-refractivity contribution in [3.63, 3.8) is 0 Å². The molecule has 30 heavy (non-hydrogen) atoms. The first-order chi connectivity index (χ1) is 14.4. The van der Waals surface area contributed by atoms with Crippen molar-refractivity contribution in [1.82, 2.24) is 10.7 Å². The number of thiophene rings is 2. The normalized spacial score (nSPS) is 11.4. The van der Waals surface area contributed by atoms with Crippen LogP contribution in [0.3, 0.4) is 0 Å². The number of nitrogens with zero attached hydrogens (tertiary/aromatic N) is 1. The number of hydrogen-bond acceptors (Lipinski definition) is 7. The number of aliphatic hydroxyl groups excluding tert-OH is 1. The molecule has 0 radical (unpaired) electrons. The number of hydrazone groups is 1. The standard InChI is InChI=1S/C20H18ClN3O4S2/c1-11(14-10-29-18(17(14)26)12-2-4-13(21)5-3-12)23-24-20(28)16-7-6-15(30-16)19(27)22-8-9-25/h2-7,10,25-26H,8-9H2,1H3,(H,22,27)(H,24,28). The molecule has 0 unspecified atom stereocenters. The average molecular weight is 464 g/mol. The van der Waals surface area contributed by atoms with Crippen LogP contribution in [0.4, 0.5) is 0 Å². The van der Waals surface area contributed by atoms with Crippen molar-refractivity contribution in [2.75, 3.05) is 13.2 Å². The third-order valence-electron chi connectivity index (χ3n) is 4.04. The first-order valence-corrected chi connectivity index (χ1v) is 10.9. The third kappa shape index (κ3) is 5.06. The predicted molar refractivity (Wildman–Crippen MR) is 120 cm³/mol. The van der Waals surface area contributed by atoms with E-state index in [0.717, 1.165) is 16.9 Å². The first kappa shape index (κ1) is 22.0. The van der Waals surface area contributed by atoms with Crippen LogP contribution in [0.25, 0.3) is 10.4 Å². The van der Waals surface area contributed by atoms with E-state index in [9.17, 15) is 14.7 Å². The molecule has 3 aromatic rings. The Balaban J connectivity index is 1.69. The number of aromatic hydroxyl groups is 1. The summed E-state index contributed by atoms with van der Waals surface area (Å²) in [6.07, 6.45) is 0. The van der Waals surface area contributed by atoms with Gasteiger partial charge in [0.15, 0.2) is 0 Å². The van der Waals surface area contributed by atoms with E-state index in [-0.39, 0.29) is 24.8 Å². The Morgan fingerprint density at radius 1 is 1.10 bits per heavy atom. The molecule has 156 valence electrons. The maximum Gasteiger partial charge on any atom is 0.281 e. The number of nitrogens with one attached hydrogen (secondary N) is 2. The molecule has 0 saturated heterocycles. The average Bonchev–Trinajstić information content (AvgIpc) is 3.38. The monoisotopic (exact) mass is 463 g/mol. The fourth-order valence-corrected chi connectivity index (χ4v) is 4.45. The van der Waals surface area contributed by atoms with Crippen molar-refractivity contribution in [2.24, 2.45) is 5.10 Å². The van der Waals surface area contributed by atoms with Crippen LogP contribution in [0.1, 0.15) is 31.8 Å². The molecule has 2 aromatic heterocycles. The molecule has 2 amide bonds. The lowest BCUT2D eigenvalue weighted by molar-refractivity contribution is 0.0946. The molecule has 0 aliphatic heterocycles. The van der Waals surface area contributed by atoms with Gasteiger partial charge in [-0.3, -0.25) is 9.59 Å². The van der Waals surface area contributed by atoms with Gasteiger partial charge in [-0.15, -0.1) is 22.7 Å². The topological polar surface area (TPSA) is 111 Å². The van der Waals surface area contributed by atoms with Crippen molar-refractivity contribution in [1.29, 1.82) is 0 Å². The second-order valence-corrected chi connectivity index (χ2v) is 8.52. The molecule has 1 aromatic carbocycles. The number of carbonyl (C=O) groups excluding carboxylic acids is 2. The van der Waals surface area contributed by atoms with E-state index in [1.807, 2.05) is 12.1 Å². The van der Waals surface area contributed by atoms with Crippen LogP contribution < -0.4 is 10.7 Å². The lowest BCUT2D eigenvalue weighted by Gasteiger charge is -2.03. The Morgan fingerprint density at radius 3 is 2.43 bits per heavy atom. The Morgan fingerprint density at radius 2 is 1.77 bits per heavy atom. The summed E-state index contributed by atoms with van der Waals surface area (Å²) in [5, 5.41) is 28.3. The van der Waals surface area contributed by atoms with Crippen molar-refractivity contribution in [2.45, 2.75) is 6.92 Å². The highest BCUT2D eigenvalue weighted by Crippen LogP contribution is 2.39. The minimum Gasteiger partial charge on any atom is -0.506 e. The van der Waals surface area contributed by atoms with Crippen LogP contribution in [0.15, 0.2) is 46.9 Å². The summed E-state index contributed by atoms with van der Waals surface area (Å²) in [6.45, 7) is 1.66. The van der Waals surface area contributed by atoms with E-state index in [4.69, 9.17) is 16.7 Å². The van der Waals surface area contributed by atoms with Crippen LogP contribution >= 0.6 is 34.3 Å². The van der Waals surface area contributed by atoms with Gasteiger partial charge in [0.2, 0.25) is 0 Å². The van der Waals surface area contributed by atoms with E-state index in [2.05, 4.69) is 15.8 Å². The first-order valence-electron chi connectivity index (χ1n) is 8.81. The van der Waals surface area contributed by atoms with E-state index in [1.54, 1.807) is 24.4 Å². The Bertz CT molecular complexity index is 1090. The van der Waals surface area contributed by atoms with Gasteiger partial charge in [-0.2, -0.15) is 5.10 Å². The largest absolute Gasteiger partial charge is 0.506 e. The molecule has 0 saturated carbocycles. The van der Waals surface area contributed by atoms with Gasteiger partial charge in [-0.1, -0.05) is 23.7 Å². The van der Waals surface area contributed by atoms with Gasteiger partial charge in [0.25, 0.3) is 11.8 Å². The lowest BCUT2D eigenvalue weighted by atomic mass is 10.1. The maximum absolute atomic E-state index is 12.3. The molecule has 0 bridgehead atoms. The van der Waals surface area contributed by atoms with Crippen molar-refractivity contribution in [3.05, 3.63) is 62.1 Å². The quantitative estimate of drug-likeness (QED) is 0.316. The Labute approximate surface area is 185 Å². The maximum atomic E-state index is 12.3. The molecule has 10 heteroatoms. The predicted octanol–water partition coefficient (Wildman–Crippen LogP) is 3.71. The van der Waals surface area contributed by atoms with Gasteiger partial charge in [0.05, 0.1) is 32.5 Å². The zero-order valence-corrected chi connectivity index (χ0v) is 18.2. The number of amides is 2. The van der Waals surface area contributed by atoms with Gasteiger partial charge >= 0.3 is 0 Å². The smallest absolute Gasteiger partial charge is 0.281 e. The van der Waals surface area contributed by atoms with Crippen LogP contribution in [0, 0.1) is 0 Å². The van der Waals surface area contributed by atoms with E-state index in [1.165, 1.54) is 23.5 Å². The van der Waals surface area contributed by atoms with E-state index in [0.29, 0.717) is 30.9 Å². The number of benzene rings is 1. The number of aliphatic hydroxyl groups is 1. The summed E-state index contributed by atoms with van der Waals surface area (Å²) in [6, 6.07) is 10.2. The molecule has 0 aliphatic carbocycles. The van der Waals surface area contributed by atoms with Crippen LogP contribution in [-0.2, 0) is 0 Å². The number of halogens is 1. The van der Waals surface area contributed by atoms with Crippen molar-refractivity contribution < 1.29 is 19.8 Å². The molecule has 4 N–H and O–H groups in total. The van der Waals surface area contributed by atoms with E-state index >= 15 is 0 Å². The molecule has 0 spiro atoms. The second-order valence-electron chi connectivity index (χ2n) is 6.12. The van der Waals surface area contributed by atoms with Crippen LogP contribution in [-0.4, -0.2) is 40.9 Å². The van der Waals surface area contributed by atoms with Crippen LogP contribution in [0.2, 0.25) is 5.02 Å². The summed E-state index contributed by atoms with van der Waals surface area (Å²) in [5.41, 5.74) is 4.22. The number of hydrogen-bond donors (Lipinski definition) is 4. The van der Waals surface area contributed by atoms with E-state index < -0.39 is 5.91 Å². The minimum atomic E-state index is -0.465. The lowest BCUT2D eigenvalue weighted by Crippen LogP contribution is -2.25. The molecule has 7 nitrogen and oxygen atoms in total. The van der Waals surface area contributed by atoms with Gasteiger partial charge in [0, 0.05) is 16.9 Å². The highest BCUT2D eigenvalue weighted by atomic mass is 35.5. The van der Waals surface area contributed by atoms with Gasteiger partial charge in [-0.25, -0.2) is 5.43 Å². The fourth-order valence-electron chi connectivity index (χ4n) is 2.50. The summed E-state index contributed by atoms with van der Waals surface area (Å²) < 4.78 is 0. The SMILES string of the molecule is CC(=NNC(=O)c1ccc(C(=O)NCCO)s1)c1csc(-c2ccc(Cl)cc2)c1O. The van der Waals surface area contributed by atoms with Gasteiger partial charge in [0.1, 0.15) is 5.75 Å². The zero-order valence-electron chi connectivity index (χ0n) is 15.8. The molecule has 3 rings (SSSR count). The number of rotatable bonds is 7. The van der Waals surface area contributed by atoms with Gasteiger partial charge < -0.3 is 15.5 Å². The fraction of sp³-hybridized carbons (Fsp3) is 0.150. The summed E-state index contributed by atoms with van der Waals surface area (Å²) in [4.78, 5) is 25.5. The Hall–Kier alpha value is -2.72. The summed E-state index contributed by atoms with van der Waals surface area (Å²) >= 11 is 8.29. The van der Waals surface area contributed by atoms with Crippen LogP contribution in [0.5, 0.6) is 5.75 Å². The minimum absolute atomic E-state index is 0.0804. The molecule has 0 aliphatic rings. The molecular weight excluding hydrogens is 446 g/mol. The summed E-state index contributed by atoms with van der Waals surface area (Å²) in [5.74, 6) is -0.740. The summed E-state index contributed by atoms with van der Waals surface area (Å²) in [7, 11) is 0. The third-order valence-corrected chi connectivity index (χ3v) is 6.39. The van der Waals surface area contributed by atoms with Gasteiger partial charge in [-0.05, 0) is 36.8 Å². The van der Waals surface area contributed by atoms with Crippen molar-refractivity contribution >= 4 is 51.8 Å². The number of carbonyl (C=O) groups is 2. The Kier molecular flexibility index (Phi) is 7.22. The zero-order chi connectivity index (χ0) is 21.7. The molecule has 0 fully saturated rings.